The smallest absolute Gasteiger partial charge is 0.240 e. The third-order valence-electron chi connectivity index (χ3n) is 6.25. The van der Waals surface area contributed by atoms with Gasteiger partial charge in [0.15, 0.2) is 5.13 Å². The van der Waals surface area contributed by atoms with Crippen LogP contribution in [0.4, 0.5) is 5.13 Å². The molecule has 0 unspecified atom stereocenters. The molecule has 2 aliphatic rings. The molecule has 1 spiro atoms. The SMILES string of the molecule is O=C(CN1CC[C@@]2(CCCO2)[C@H](OCc2ccccc2)C1)Nc1nc2ccc(Cl)cc2s1. The summed E-state index contributed by atoms with van der Waals surface area (Å²) in [6.07, 6.45) is 2.89. The maximum Gasteiger partial charge on any atom is 0.240 e. The van der Waals surface area contributed by atoms with Gasteiger partial charge >= 0.3 is 0 Å². The lowest BCUT2D eigenvalue weighted by molar-refractivity contribution is -0.159. The van der Waals surface area contributed by atoms with Crippen molar-refractivity contribution in [3.8, 4) is 0 Å². The lowest BCUT2D eigenvalue weighted by atomic mass is 9.85. The fourth-order valence-corrected chi connectivity index (χ4v) is 5.76. The number of fused-ring (bicyclic) bond motifs is 1. The van der Waals surface area contributed by atoms with E-state index in [0.29, 0.717) is 29.9 Å². The lowest BCUT2D eigenvalue weighted by Gasteiger charge is -2.44. The first kappa shape index (κ1) is 21.8. The summed E-state index contributed by atoms with van der Waals surface area (Å²) in [5.74, 6) is -0.0692. The van der Waals surface area contributed by atoms with Gasteiger partial charge in [0, 0.05) is 24.7 Å². The van der Waals surface area contributed by atoms with Crippen molar-refractivity contribution in [1.82, 2.24) is 9.88 Å². The maximum atomic E-state index is 12.7. The van der Waals surface area contributed by atoms with E-state index in [-0.39, 0.29) is 17.6 Å². The number of anilines is 1. The number of piperidine rings is 1. The van der Waals surface area contributed by atoms with Gasteiger partial charge in [-0.2, -0.15) is 0 Å². The topological polar surface area (TPSA) is 63.7 Å². The van der Waals surface area contributed by atoms with Crippen molar-refractivity contribution < 1.29 is 14.3 Å². The van der Waals surface area contributed by atoms with E-state index < -0.39 is 0 Å². The monoisotopic (exact) mass is 471 g/mol. The number of nitrogens with zero attached hydrogens (tertiary/aromatic N) is 2. The van der Waals surface area contributed by atoms with Crippen molar-refractivity contribution in [3.05, 3.63) is 59.1 Å². The number of nitrogens with one attached hydrogen (secondary N) is 1. The van der Waals surface area contributed by atoms with Crippen molar-refractivity contribution in [3.63, 3.8) is 0 Å². The quantitative estimate of drug-likeness (QED) is 0.563. The molecule has 6 nitrogen and oxygen atoms in total. The molecule has 0 saturated carbocycles. The number of benzene rings is 2. The summed E-state index contributed by atoms with van der Waals surface area (Å²) < 4.78 is 13.5. The lowest BCUT2D eigenvalue weighted by Crippen LogP contribution is -2.57. The molecule has 1 amide bonds. The molecule has 1 aromatic heterocycles. The molecule has 2 atom stereocenters. The zero-order valence-corrected chi connectivity index (χ0v) is 19.3. The minimum atomic E-state index is -0.228. The number of thiazole rings is 1. The number of hydrogen-bond donors (Lipinski definition) is 1. The molecule has 3 heterocycles. The number of ether oxygens (including phenoxy) is 2. The Morgan fingerprint density at radius 2 is 2.16 bits per heavy atom. The third-order valence-corrected chi connectivity index (χ3v) is 7.42. The van der Waals surface area contributed by atoms with Crippen LogP contribution < -0.4 is 5.32 Å². The summed E-state index contributed by atoms with van der Waals surface area (Å²) in [6, 6.07) is 15.7. The van der Waals surface area contributed by atoms with E-state index in [4.69, 9.17) is 21.1 Å². The van der Waals surface area contributed by atoms with Gasteiger partial charge in [-0.3, -0.25) is 9.69 Å². The van der Waals surface area contributed by atoms with Crippen LogP contribution in [0.25, 0.3) is 10.2 Å². The van der Waals surface area contributed by atoms with Crippen molar-refractivity contribution in [2.75, 3.05) is 31.6 Å². The molecule has 0 bridgehead atoms. The Balaban J connectivity index is 1.22. The predicted molar refractivity (Wildman–Crippen MR) is 127 cm³/mol. The number of rotatable bonds is 6. The zero-order chi connectivity index (χ0) is 22.0. The Morgan fingerprint density at radius 1 is 1.28 bits per heavy atom. The van der Waals surface area contributed by atoms with Gasteiger partial charge in [0.25, 0.3) is 0 Å². The number of carbonyl (C=O) groups is 1. The first-order chi connectivity index (χ1) is 15.6. The average Bonchev–Trinajstić information content (AvgIpc) is 3.41. The summed E-state index contributed by atoms with van der Waals surface area (Å²) in [4.78, 5) is 19.4. The highest BCUT2D eigenvalue weighted by molar-refractivity contribution is 7.22. The Morgan fingerprint density at radius 3 is 2.97 bits per heavy atom. The highest BCUT2D eigenvalue weighted by atomic mass is 35.5. The van der Waals surface area contributed by atoms with E-state index in [9.17, 15) is 4.79 Å². The van der Waals surface area contributed by atoms with Gasteiger partial charge in [0.2, 0.25) is 5.91 Å². The minimum absolute atomic E-state index is 0.0589. The van der Waals surface area contributed by atoms with Crippen LogP contribution in [0.15, 0.2) is 48.5 Å². The van der Waals surface area contributed by atoms with Gasteiger partial charge < -0.3 is 14.8 Å². The van der Waals surface area contributed by atoms with Crippen LogP contribution in [0.5, 0.6) is 0 Å². The molecule has 32 heavy (non-hydrogen) atoms. The fraction of sp³-hybridized carbons (Fsp3) is 0.417. The number of aromatic nitrogens is 1. The van der Waals surface area contributed by atoms with E-state index in [1.54, 1.807) is 6.07 Å². The van der Waals surface area contributed by atoms with Gasteiger partial charge in [-0.15, -0.1) is 0 Å². The molecule has 2 aliphatic heterocycles. The van der Waals surface area contributed by atoms with Crippen LogP contribution in [0.1, 0.15) is 24.8 Å². The molecule has 8 heteroatoms. The van der Waals surface area contributed by atoms with Crippen LogP contribution in [-0.2, 0) is 20.9 Å². The first-order valence-electron chi connectivity index (χ1n) is 11.0. The summed E-state index contributed by atoms with van der Waals surface area (Å²) in [5, 5.41) is 4.20. The van der Waals surface area contributed by atoms with Crippen molar-refractivity contribution in [2.45, 2.75) is 37.6 Å². The minimum Gasteiger partial charge on any atom is -0.372 e. The second-order valence-electron chi connectivity index (χ2n) is 8.47. The Labute approximate surface area is 196 Å². The molecule has 2 aromatic carbocycles. The van der Waals surface area contributed by atoms with Gasteiger partial charge in [0.05, 0.1) is 35.1 Å². The van der Waals surface area contributed by atoms with Gasteiger partial charge in [-0.05, 0) is 43.0 Å². The average molecular weight is 472 g/mol. The van der Waals surface area contributed by atoms with Gasteiger partial charge in [0.1, 0.15) is 0 Å². The molecular formula is C24H26ClN3O3S. The van der Waals surface area contributed by atoms with Crippen molar-refractivity contribution in [1.29, 1.82) is 0 Å². The van der Waals surface area contributed by atoms with E-state index in [1.165, 1.54) is 11.3 Å². The molecule has 1 N–H and O–H groups in total. The number of halogens is 1. The standard InChI is InChI=1S/C24H26ClN3O3S/c25-18-7-8-19-20(13-18)32-23(26-19)27-22(29)15-28-11-10-24(9-4-12-31-24)21(14-28)30-16-17-5-2-1-3-6-17/h1-3,5-8,13,21H,4,9-12,14-16H2,(H,26,27,29)/t21-,24+/m1/s1. The maximum absolute atomic E-state index is 12.7. The number of amides is 1. The van der Waals surface area contributed by atoms with Crippen molar-refractivity contribution in [2.24, 2.45) is 0 Å². The molecule has 0 aliphatic carbocycles. The van der Waals surface area contributed by atoms with Crippen LogP contribution in [-0.4, -0.2) is 53.7 Å². The summed E-state index contributed by atoms with van der Waals surface area (Å²) in [5.41, 5.74) is 1.75. The van der Waals surface area contributed by atoms with Crippen LogP contribution in [0.2, 0.25) is 5.02 Å². The highest BCUT2D eigenvalue weighted by Gasteiger charge is 2.47. The number of hydrogen-bond acceptors (Lipinski definition) is 6. The van der Waals surface area contributed by atoms with Crippen molar-refractivity contribution >= 4 is 44.2 Å². The second kappa shape index (κ2) is 9.45. The molecule has 3 aromatic rings. The van der Waals surface area contributed by atoms with E-state index >= 15 is 0 Å². The third kappa shape index (κ3) is 4.82. The Kier molecular flexibility index (Phi) is 6.44. The van der Waals surface area contributed by atoms with Crippen LogP contribution >= 0.6 is 22.9 Å². The van der Waals surface area contributed by atoms with Crippen LogP contribution in [0.3, 0.4) is 0 Å². The summed E-state index contributed by atoms with van der Waals surface area (Å²) >= 11 is 7.49. The first-order valence-corrected chi connectivity index (χ1v) is 12.2. The van der Waals surface area contributed by atoms with Crippen LogP contribution in [0, 0.1) is 0 Å². The summed E-state index contributed by atoms with van der Waals surface area (Å²) in [6.45, 7) is 3.12. The Bertz CT molecular complexity index is 1080. The normalized spacial score (nSPS) is 23.7. The van der Waals surface area contributed by atoms with E-state index in [2.05, 4.69) is 27.3 Å². The zero-order valence-electron chi connectivity index (χ0n) is 17.8. The summed E-state index contributed by atoms with van der Waals surface area (Å²) in [7, 11) is 0. The fourth-order valence-electron chi connectivity index (χ4n) is 4.60. The number of carbonyl (C=O) groups excluding carboxylic acids is 1. The molecule has 2 fully saturated rings. The molecule has 0 radical (unpaired) electrons. The van der Waals surface area contributed by atoms with E-state index in [0.717, 1.165) is 48.2 Å². The molecule has 5 rings (SSSR count). The van der Waals surface area contributed by atoms with Gasteiger partial charge in [-0.25, -0.2) is 4.98 Å². The molecule has 2 saturated heterocycles. The largest absolute Gasteiger partial charge is 0.372 e. The number of likely N-dealkylation sites (tertiary alicyclic amines) is 1. The molecular weight excluding hydrogens is 446 g/mol. The molecule has 168 valence electrons. The van der Waals surface area contributed by atoms with E-state index in [1.807, 2.05) is 30.3 Å². The highest BCUT2D eigenvalue weighted by Crippen LogP contribution is 2.38. The second-order valence-corrected chi connectivity index (χ2v) is 9.93. The predicted octanol–water partition coefficient (Wildman–Crippen LogP) is 4.73. The Hall–Kier alpha value is -2.03. The van der Waals surface area contributed by atoms with Gasteiger partial charge in [-0.1, -0.05) is 53.3 Å².